The number of nitrogens with one attached hydrogen (secondary N) is 1. The molecule has 17 heavy (non-hydrogen) atoms. The highest BCUT2D eigenvalue weighted by Crippen LogP contribution is 2.11. The Balaban J connectivity index is 2.11. The Hall–Kier alpha value is -1.35. The highest BCUT2D eigenvalue weighted by molar-refractivity contribution is 5.82. The summed E-state index contributed by atoms with van der Waals surface area (Å²) in [5, 5.41) is 3.00. The molecule has 0 aromatic heterocycles. The first-order valence-corrected chi connectivity index (χ1v) is 6.37. The molecule has 1 atom stereocenters. The standard InChI is InChI=1S/C14H20N2O/c1-2-16-10-6-9-15-14(17)13(16)11-12-7-4-3-5-8-12/h3-5,7-8,13H,2,6,9-11H2,1H3,(H,15,17). The number of rotatable bonds is 3. The maximum Gasteiger partial charge on any atom is 0.237 e. The molecule has 0 radical (unpaired) electrons. The van der Waals surface area contributed by atoms with Gasteiger partial charge in [0.05, 0.1) is 6.04 Å². The minimum Gasteiger partial charge on any atom is -0.355 e. The zero-order chi connectivity index (χ0) is 12.1. The fourth-order valence-electron chi connectivity index (χ4n) is 2.37. The highest BCUT2D eigenvalue weighted by Gasteiger charge is 2.26. The van der Waals surface area contributed by atoms with Gasteiger partial charge in [-0.15, -0.1) is 0 Å². The van der Waals surface area contributed by atoms with Crippen molar-refractivity contribution in [3.8, 4) is 0 Å². The number of likely N-dealkylation sites (N-methyl/N-ethyl adjacent to an activating group) is 1. The van der Waals surface area contributed by atoms with E-state index in [2.05, 4.69) is 29.3 Å². The van der Waals surface area contributed by atoms with Crippen LogP contribution in [-0.2, 0) is 11.2 Å². The summed E-state index contributed by atoms with van der Waals surface area (Å²) >= 11 is 0. The van der Waals surface area contributed by atoms with Gasteiger partial charge < -0.3 is 5.32 Å². The molecule has 1 aromatic rings. The number of carbonyl (C=O) groups is 1. The lowest BCUT2D eigenvalue weighted by atomic mass is 10.0. The summed E-state index contributed by atoms with van der Waals surface area (Å²) in [6.45, 7) is 4.87. The van der Waals surface area contributed by atoms with Gasteiger partial charge in [-0.05, 0) is 24.9 Å². The average Bonchev–Trinajstić information content (AvgIpc) is 2.54. The fraction of sp³-hybridized carbons (Fsp3) is 0.500. The maximum atomic E-state index is 12.0. The van der Waals surface area contributed by atoms with Gasteiger partial charge in [-0.1, -0.05) is 37.3 Å². The molecular formula is C14H20N2O. The van der Waals surface area contributed by atoms with Crippen molar-refractivity contribution < 1.29 is 4.79 Å². The molecule has 1 aliphatic heterocycles. The Morgan fingerprint density at radius 1 is 1.35 bits per heavy atom. The summed E-state index contributed by atoms with van der Waals surface area (Å²) in [7, 11) is 0. The number of amides is 1. The van der Waals surface area contributed by atoms with E-state index in [9.17, 15) is 4.79 Å². The van der Waals surface area contributed by atoms with Crippen molar-refractivity contribution in [3.63, 3.8) is 0 Å². The Bertz CT molecular complexity index is 364. The monoisotopic (exact) mass is 232 g/mol. The van der Waals surface area contributed by atoms with Crippen LogP contribution in [0.5, 0.6) is 0 Å². The third kappa shape index (κ3) is 3.07. The molecule has 1 saturated heterocycles. The number of hydrogen-bond acceptors (Lipinski definition) is 2. The van der Waals surface area contributed by atoms with Gasteiger partial charge in [0.1, 0.15) is 0 Å². The van der Waals surface area contributed by atoms with Crippen molar-refractivity contribution >= 4 is 5.91 Å². The number of hydrogen-bond donors (Lipinski definition) is 1. The first-order valence-electron chi connectivity index (χ1n) is 6.37. The van der Waals surface area contributed by atoms with Crippen molar-refractivity contribution in [1.29, 1.82) is 0 Å². The van der Waals surface area contributed by atoms with Crippen molar-refractivity contribution in [2.24, 2.45) is 0 Å². The van der Waals surface area contributed by atoms with Crippen molar-refractivity contribution in [1.82, 2.24) is 10.2 Å². The van der Waals surface area contributed by atoms with Gasteiger partial charge in [0.15, 0.2) is 0 Å². The van der Waals surface area contributed by atoms with Gasteiger partial charge in [-0.2, -0.15) is 0 Å². The van der Waals surface area contributed by atoms with Crippen LogP contribution in [0.1, 0.15) is 18.9 Å². The molecule has 1 aromatic carbocycles. The second-order valence-corrected chi connectivity index (χ2v) is 4.48. The summed E-state index contributed by atoms with van der Waals surface area (Å²) in [5.41, 5.74) is 1.23. The lowest BCUT2D eigenvalue weighted by Gasteiger charge is -2.26. The van der Waals surface area contributed by atoms with Crippen LogP contribution < -0.4 is 5.32 Å². The number of carbonyl (C=O) groups excluding carboxylic acids is 1. The molecule has 1 fully saturated rings. The van der Waals surface area contributed by atoms with Crippen molar-refractivity contribution in [3.05, 3.63) is 35.9 Å². The Kier molecular flexibility index (Phi) is 4.15. The topological polar surface area (TPSA) is 32.3 Å². The summed E-state index contributed by atoms with van der Waals surface area (Å²) in [6, 6.07) is 10.2. The van der Waals surface area contributed by atoms with E-state index in [-0.39, 0.29) is 11.9 Å². The average molecular weight is 232 g/mol. The van der Waals surface area contributed by atoms with E-state index in [0.29, 0.717) is 0 Å². The molecular weight excluding hydrogens is 212 g/mol. The lowest BCUT2D eigenvalue weighted by molar-refractivity contribution is -0.125. The van der Waals surface area contributed by atoms with Crippen LogP contribution >= 0.6 is 0 Å². The van der Waals surface area contributed by atoms with Gasteiger partial charge in [0, 0.05) is 13.1 Å². The van der Waals surface area contributed by atoms with E-state index in [1.807, 2.05) is 18.2 Å². The van der Waals surface area contributed by atoms with Crippen LogP contribution in [-0.4, -0.2) is 36.5 Å². The van der Waals surface area contributed by atoms with Gasteiger partial charge >= 0.3 is 0 Å². The second-order valence-electron chi connectivity index (χ2n) is 4.48. The Morgan fingerprint density at radius 2 is 2.12 bits per heavy atom. The van der Waals surface area contributed by atoms with E-state index in [1.54, 1.807) is 0 Å². The molecule has 1 heterocycles. The first-order chi connectivity index (χ1) is 8.31. The summed E-state index contributed by atoms with van der Waals surface area (Å²) in [4.78, 5) is 14.3. The van der Waals surface area contributed by atoms with Crippen LogP contribution in [0.15, 0.2) is 30.3 Å². The predicted octanol–water partition coefficient (Wildman–Crippen LogP) is 1.44. The molecule has 0 aliphatic carbocycles. The van der Waals surface area contributed by atoms with E-state index in [4.69, 9.17) is 0 Å². The van der Waals surface area contributed by atoms with E-state index >= 15 is 0 Å². The van der Waals surface area contributed by atoms with Crippen molar-refractivity contribution in [2.45, 2.75) is 25.8 Å². The molecule has 1 unspecified atom stereocenters. The first kappa shape index (κ1) is 12.1. The predicted molar refractivity (Wildman–Crippen MR) is 68.8 cm³/mol. The molecule has 3 heteroatoms. The lowest BCUT2D eigenvalue weighted by Crippen LogP contribution is -2.45. The quantitative estimate of drug-likeness (QED) is 0.855. The maximum absolute atomic E-state index is 12.0. The van der Waals surface area contributed by atoms with Crippen LogP contribution in [0.2, 0.25) is 0 Å². The molecule has 1 amide bonds. The van der Waals surface area contributed by atoms with Gasteiger partial charge in [0.25, 0.3) is 0 Å². The molecule has 92 valence electrons. The van der Waals surface area contributed by atoms with Crippen LogP contribution in [0.25, 0.3) is 0 Å². The zero-order valence-corrected chi connectivity index (χ0v) is 10.4. The summed E-state index contributed by atoms with van der Waals surface area (Å²) < 4.78 is 0. The minimum atomic E-state index is -0.00935. The summed E-state index contributed by atoms with van der Waals surface area (Å²) in [6.07, 6.45) is 1.85. The van der Waals surface area contributed by atoms with Crippen molar-refractivity contribution in [2.75, 3.05) is 19.6 Å². The number of nitrogens with zero attached hydrogens (tertiary/aromatic N) is 1. The van der Waals surface area contributed by atoms with E-state index in [1.165, 1.54) is 5.56 Å². The van der Waals surface area contributed by atoms with Gasteiger partial charge in [-0.25, -0.2) is 0 Å². The second kappa shape index (κ2) is 5.82. The molecule has 0 saturated carbocycles. The SMILES string of the molecule is CCN1CCCNC(=O)C1Cc1ccccc1. The third-order valence-corrected chi connectivity index (χ3v) is 3.34. The molecule has 0 spiro atoms. The van der Waals surface area contributed by atoms with Crippen LogP contribution in [0.4, 0.5) is 0 Å². The van der Waals surface area contributed by atoms with Crippen LogP contribution in [0, 0.1) is 0 Å². The van der Waals surface area contributed by atoms with Gasteiger partial charge in [0.2, 0.25) is 5.91 Å². The van der Waals surface area contributed by atoms with E-state index < -0.39 is 0 Å². The third-order valence-electron chi connectivity index (χ3n) is 3.34. The zero-order valence-electron chi connectivity index (χ0n) is 10.4. The Morgan fingerprint density at radius 3 is 2.82 bits per heavy atom. The summed E-state index contributed by atoms with van der Waals surface area (Å²) in [5.74, 6) is 0.174. The highest BCUT2D eigenvalue weighted by atomic mass is 16.2. The molecule has 3 nitrogen and oxygen atoms in total. The minimum absolute atomic E-state index is 0.00935. The largest absolute Gasteiger partial charge is 0.355 e. The molecule has 1 N–H and O–H groups in total. The number of benzene rings is 1. The molecule has 2 rings (SSSR count). The van der Waals surface area contributed by atoms with Gasteiger partial charge in [-0.3, -0.25) is 9.69 Å². The smallest absolute Gasteiger partial charge is 0.237 e. The Labute approximate surface area is 103 Å². The molecule has 1 aliphatic rings. The van der Waals surface area contributed by atoms with E-state index in [0.717, 1.165) is 32.5 Å². The molecule has 0 bridgehead atoms. The van der Waals surface area contributed by atoms with Crippen LogP contribution in [0.3, 0.4) is 0 Å². The normalized spacial score (nSPS) is 21.9. The fourth-order valence-corrected chi connectivity index (χ4v) is 2.37.